The van der Waals surface area contributed by atoms with Gasteiger partial charge in [0, 0.05) is 0 Å². The second kappa shape index (κ2) is 38.9. The fourth-order valence-electron chi connectivity index (χ4n) is 13.3. The van der Waals surface area contributed by atoms with Crippen molar-refractivity contribution in [3.05, 3.63) is 48.6 Å². The van der Waals surface area contributed by atoms with E-state index in [9.17, 15) is 0 Å². The minimum absolute atomic E-state index is 0.672. The second-order valence-corrected chi connectivity index (χ2v) is 23.0. The standard InChI is InChI=1S/C64H116/c1-5-9-13-17-19-21-23-25-27-29-31-33-35-37-41-45-49-63(50-46-42-38-36-34-32-30-28-26-24-22-20-18-14-10-6-2)51-53-64(54-52-63)57-61-55-59(47-43-39-15-11-7-3)60(56-62(61)58-64)48-44-40-16-12-8-4/h19-22,25-28,59-62H,5-18,23-24,29-58H2,1-4H3/b21-19-,22-20-,27-25-,28-26-/t59-,60+,61-,62+. The van der Waals surface area contributed by atoms with Crippen LogP contribution in [0.3, 0.4) is 0 Å². The van der Waals surface area contributed by atoms with E-state index in [0.717, 1.165) is 41.9 Å². The van der Waals surface area contributed by atoms with Crippen molar-refractivity contribution in [2.24, 2.45) is 34.5 Å². The summed E-state index contributed by atoms with van der Waals surface area (Å²) in [7, 11) is 0. The van der Waals surface area contributed by atoms with Gasteiger partial charge in [0.05, 0.1) is 0 Å². The van der Waals surface area contributed by atoms with E-state index in [4.69, 9.17) is 0 Å². The summed E-state index contributed by atoms with van der Waals surface area (Å²) in [6.45, 7) is 9.33. The predicted molar refractivity (Wildman–Crippen MR) is 290 cm³/mol. The Morgan fingerprint density at radius 1 is 0.328 bits per heavy atom. The maximum Gasteiger partial charge on any atom is -0.0169 e. The van der Waals surface area contributed by atoms with Gasteiger partial charge in [0.15, 0.2) is 0 Å². The highest BCUT2D eigenvalue weighted by atomic mass is 14.6. The van der Waals surface area contributed by atoms with Crippen LogP contribution < -0.4 is 0 Å². The number of hydrogen-bond donors (Lipinski definition) is 0. The topological polar surface area (TPSA) is 0 Å². The fourth-order valence-corrected chi connectivity index (χ4v) is 13.3. The molecule has 0 aromatic rings. The van der Waals surface area contributed by atoms with Crippen LogP contribution in [0.5, 0.6) is 0 Å². The molecule has 0 bridgehead atoms. The molecule has 3 saturated carbocycles. The van der Waals surface area contributed by atoms with Crippen LogP contribution in [-0.2, 0) is 0 Å². The Bertz CT molecular complexity index is 1060. The van der Waals surface area contributed by atoms with E-state index in [2.05, 4.69) is 76.3 Å². The summed E-state index contributed by atoms with van der Waals surface area (Å²) < 4.78 is 0. The predicted octanol–water partition coefficient (Wildman–Crippen LogP) is 22.7. The molecular weight excluding hydrogens is 769 g/mol. The van der Waals surface area contributed by atoms with E-state index in [-0.39, 0.29) is 0 Å². The Kier molecular flexibility index (Phi) is 34.8. The molecule has 0 unspecified atom stereocenters. The lowest BCUT2D eigenvalue weighted by Crippen LogP contribution is -2.33. The number of allylic oxidation sites excluding steroid dienone is 8. The monoisotopic (exact) mass is 885 g/mol. The fraction of sp³-hybridized carbons (Fsp3) is 0.875. The summed E-state index contributed by atoms with van der Waals surface area (Å²) in [5.41, 5.74) is 1.39. The quantitative estimate of drug-likeness (QED) is 0.0423. The smallest absolute Gasteiger partial charge is 0.0169 e. The molecule has 0 amide bonds. The van der Waals surface area contributed by atoms with Gasteiger partial charge in [-0.1, -0.05) is 243 Å². The molecule has 1 spiro atoms. The minimum Gasteiger partial charge on any atom is -0.0882 e. The molecule has 0 aromatic heterocycles. The van der Waals surface area contributed by atoms with Crippen molar-refractivity contribution in [2.75, 3.05) is 0 Å². The normalized spacial score (nSPS) is 22.1. The first kappa shape index (κ1) is 57.3. The van der Waals surface area contributed by atoms with E-state index in [1.54, 1.807) is 77.0 Å². The van der Waals surface area contributed by atoms with Crippen LogP contribution in [0.1, 0.15) is 323 Å². The zero-order chi connectivity index (χ0) is 45.5. The molecule has 0 N–H and O–H groups in total. The van der Waals surface area contributed by atoms with Crippen LogP contribution in [0.2, 0.25) is 0 Å². The molecule has 0 radical (unpaired) electrons. The van der Waals surface area contributed by atoms with Crippen molar-refractivity contribution >= 4 is 0 Å². The van der Waals surface area contributed by atoms with Gasteiger partial charge in [-0.15, -0.1) is 0 Å². The van der Waals surface area contributed by atoms with E-state index in [1.165, 1.54) is 205 Å². The second-order valence-electron chi connectivity index (χ2n) is 23.0. The minimum atomic E-state index is 0.672. The van der Waals surface area contributed by atoms with E-state index in [1.807, 2.05) is 0 Å². The Morgan fingerprint density at radius 2 is 0.641 bits per heavy atom. The van der Waals surface area contributed by atoms with Gasteiger partial charge in [-0.05, 0) is 163 Å². The van der Waals surface area contributed by atoms with Gasteiger partial charge >= 0.3 is 0 Å². The summed E-state index contributed by atoms with van der Waals surface area (Å²) in [4.78, 5) is 0. The number of rotatable bonds is 42. The van der Waals surface area contributed by atoms with Gasteiger partial charge < -0.3 is 0 Å². The molecule has 0 saturated heterocycles. The maximum absolute atomic E-state index is 2.45. The van der Waals surface area contributed by atoms with Gasteiger partial charge in [0.2, 0.25) is 0 Å². The summed E-state index contributed by atoms with van der Waals surface area (Å²) in [5, 5.41) is 0. The molecule has 3 fully saturated rings. The molecule has 3 rings (SSSR count). The molecular formula is C64H116. The van der Waals surface area contributed by atoms with Gasteiger partial charge in [-0.25, -0.2) is 0 Å². The van der Waals surface area contributed by atoms with Crippen LogP contribution in [0.15, 0.2) is 48.6 Å². The highest BCUT2D eigenvalue weighted by molar-refractivity contribution is 5.03. The first-order chi connectivity index (χ1) is 31.6. The number of unbranched alkanes of at least 4 members (excludes halogenated alkanes) is 26. The summed E-state index contributed by atoms with van der Waals surface area (Å²) in [6, 6.07) is 0. The van der Waals surface area contributed by atoms with E-state index >= 15 is 0 Å². The average Bonchev–Trinajstić information content (AvgIpc) is 3.66. The van der Waals surface area contributed by atoms with E-state index < -0.39 is 0 Å². The largest absolute Gasteiger partial charge is 0.0882 e. The molecule has 372 valence electrons. The zero-order valence-corrected chi connectivity index (χ0v) is 44.5. The number of fused-ring (bicyclic) bond motifs is 1. The molecule has 64 heavy (non-hydrogen) atoms. The van der Waals surface area contributed by atoms with Gasteiger partial charge in [-0.3, -0.25) is 0 Å². The van der Waals surface area contributed by atoms with Crippen molar-refractivity contribution in [2.45, 2.75) is 323 Å². The summed E-state index contributed by atoms with van der Waals surface area (Å²) >= 11 is 0. The molecule has 0 nitrogen and oxygen atoms in total. The third-order valence-electron chi connectivity index (χ3n) is 17.5. The van der Waals surface area contributed by atoms with Crippen molar-refractivity contribution in [3.63, 3.8) is 0 Å². The third-order valence-corrected chi connectivity index (χ3v) is 17.5. The first-order valence-electron chi connectivity index (χ1n) is 30.2. The average molecular weight is 886 g/mol. The first-order valence-corrected chi connectivity index (χ1v) is 30.2. The highest BCUT2D eigenvalue weighted by Gasteiger charge is 2.51. The van der Waals surface area contributed by atoms with Crippen molar-refractivity contribution in [3.8, 4) is 0 Å². The van der Waals surface area contributed by atoms with Crippen molar-refractivity contribution < 1.29 is 0 Å². The maximum atomic E-state index is 2.45. The summed E-state index contributed by atoms with van der Waals surface area (Å²) in [5.74, 6) is 4.26. The van der Waals surface area contributed by atoms with E-state index in [0.29, 0.717) is 5.41 Å². The Balaban J connectivity index is 1.44. The molecule has 0 heterocycles. The molecule has 0 aromatic carbocycles. The lowest BCUT2D eigenvalue weighted by molar-refractivity contribution is 0.0568. The Hall–Kier alpha value is -1.04. The summed E-state index contributed by atoms with van der Waals surface area (Å²) in [6.07, 6.45) is 85.8. The van der Waals surface area contributed by atoms with Gasteiger partial charge in [-0.2, -0.15) is 0 Å². The molecule has 4 atom stereocenters. The Labute approximate surface area is 404 Å². The van der Waals surface area contributed by atoms with Crippen molar-refractivity contribution in [1.82, 2.24) is 0 Å². The SMILES string of the molecule is CCCCC/C=C\C/C=C\CCCCCCCCC1(CCCCCCCC/C=C\C/C=C\CCCCC)CCC2(CC1)C[C@H]1C[C@@H](CCCCCCC)[C@@H](CCCCCCC)C[C@H]1C2. The lowest BCUT2D eigenvalue weighted by Gasteiger charge is -2.46. The number of hydrogen-bond acceptors (Lipinski definition) is 0. The molecule has 0 heteroatoms. The Morgan fingerprint density at radius 3 is 1.03 bits per heavy atom. The van der Waals surface area contributed by atoms with Gasteiger partial charge in [0.25, 0.3) is 0 Å². The molecule has 3 aliphatic carbocycles. The zero-order valence-electron chi connectivity index (χ0n) is 44.5. The van der Waals surface area contributed by atoms with Crippen LogP contribution in [0.25, 0.3) is 0 Å². The molecule has 0 aliphatic heterocycles. The van der Waals surface area contributed by atoms with Crippen LogP contribution >= 0.6 is 0 Å². The highest BCUT2D eigenvalue weighted by Crippen LogP contribution is 2.63. The third kappa shape index (κ3) is 26.5. The van der Waals surface area contributed by atoms with Crippen molar-refractivity contribution in [1.29, 1.82) is 0 Å². The van der Waals surface area contributed by atoms with Crippen LogP contribution in [0, 0.1) is 34.5 Å². The van der Waals surface area contributed by atoms with Gasteiger partial charge in [0.1, 0.15) is 0 Å². The van der Waals surface area contributed by atoms with Crippen LogP contribution in [0.4, 0.5) is 0 Å². The van der Waals surface area contributed by atoms with Crippen LogP contribution in [-0.4, -0.2) is 0 Å². The molecule has 3 aliphatic rings. The lowest BCUT2D eigenvalue weighted by atomic mass is 9.59.